The highest BCUT2D eigenvalue weighted by molar-refractivity contribution is 5.95. The van der Waals surface area contributed by atoms with E-state index in [-0.39, 0.29) is 18.1 Å². The third-order valence-electron chi connectivity index (χ3n) is 3.83. The number of nitrogens with zero attached hydrogens (tertiary/aromatic N) is 3. The number of carbonyl (C=O) groups is 1. The van der Waals surface area contributed by atoms with Gasteiger partial charge in [-0.05, 0) is 31.5 Å². The number of amides is 1. The summed E-state index contributed by atoms with van der Waals surface area (Å²) in [5.74, 6) is -0.114. The maximum absolute atomic E-state index is 12.5. The lowest BCUT2D eigenvalue weighted by Crippen LogP contribution is -2.50. The number of hydrogen-bond acceptors (Lipinski definition) is 5. The van der Waals surface area contributed by atoms with Crippen LogP contribution in [0.2, 0.25) is 0 Å². The van der Waals surface area contributed by atoms with Crippen LogP contribution in [0.1, 0.15) is 23.7 Å². The van der Waals surface area contributed by atoms with Gasteiger partial charge in [0, 0.05) is 24.5 Å². The number of hydrogen-bond donors (Lipinski definition) is 1. The first-order valence-electron chi connectivity index (χ1n) is 7.73. The van der Waals surface area contributed by atoms with E-state index in [1.807, 2.05) is 25.1 Å². The monoisotopic (exact) mass is 316 g/mol. The van der Waals surface area contributed by atoms with Crippen LogP contribution in [0.15, 0.2) is 36.9 Å². The Morgan fingerprint density at radius 1 is 1.43 bits per heavy atom. The van der Waals surface area contributed by atoms with Crippen molar-refractivity contribution in [2.45, 2.75) is 25.5 Å². The van der Waals surface area contributed by atoms with Gasteiger partial charge in [0.15, 0.2) is 0 Å². The second-order valence-corrected chi connectivity index (χ2v) is 5.36. The predicted octanol–water partition coefficient (Wildman–Crippen LogP) is 1.19. The van der Waals surface area contributed by atoms with E-state index in [2.05, 4.69) is 15.5 Å². The number of aromatic nitrogens is 3. The molecule has 7 nitrogen and oxygen atoms in total. The number of nitrogens with one attached hydrogen (secondary N) is 1. The van der Waals surface area contributed by atoms with Crippen molar-refractivity contribution in [3.63, 3.8) is 0 Å². The molecule has 2 unspecified atom stereocenters. The highest BCUT2D eigenvalue weighted by Crippen LogP contribution is 2.14. The third-order valence-corrected chi connectivity index (χ3v) is 3.83. The van der Waals surface area contributed by atoms with E-state index in [1.165, 1.54) is 0 Å². The minimum absolute atomic E-state index is 0.0326. The molecule has 2 atom stereocenters. The van der Waals surface area contributed by atoms with Crippen molar-refractivity contribution in [1.29, 1.82) is 0 Å². The van der Waals surface area contributed by atoms with E-state index in [1.54, 1.807) is 23.3 Å². The van der Waals surface area contributed by atoms with Gasteiger partial charge in [-0.1, -0.05) is 6.07 Å². The molecule has 1 fully saturated rings. The van der Waals surface area contributed by atoms with E-state index < -0.39 is 0 Å². The molecule has 1 N–H and O–H groups in total. The summed E-state index contributed by atoms with van der Waals surface area (Å²) in [7, 11) is 0. The number of ether oxygens (including phenoxy) is 2. The summed E-state index contributed by atoms with van der Waals surface area (Å²) in [6, 6.07) is 7.31. The highest BCUT2D eigenvalue weighted by atomic mass is 16.5. The first-order chi connectivity index (χ1) is 11.3. The molecule has 0 saturated carbocycles. The first kappa shape index (κ1) is 15.6. The fraction of sp³-hybridized carbons (Fsp3) is 0.438. The van der Waals surface area contributed by atoms with E-state index in [0.29, 0.717) is 25.4 Å². The molecular weight excluding hydrogens is 296 g/mol. The average molecular weight is 316 g/mol. The van der Waals surface area contributed by atoms with Crippen LogP contribution in [0.3, 0.4) is 0 Å². The molecule has 1 aliphatic heterocycles. The molecule has 7 heteroatoms. The second kappa shape index (κ2) is 7.34. The minimum Gasteiger partial charge on any atom is -0.379 e. The predicted molar refractivity (Wildman–Crippen MR) is 83.5 cm³/mol. The van der Waals surface area contributed by atoms with Crippen LogP contribution in [0.5, 0.6) is 0 Å². The molecule has 0 spiro atoms. The fourth-order valence-electron chi connectivity index (χ4n) is 2.65. The van der Waals surface area contributed by atoms with Crippen molar-refractivity contribution in [2.24, 2.45) is 0 Å². The van der Waals surface area contributed by atoms with E-state index >= 15 is 0 Å². The molecule has 0 bridgehead atoms. The van der Waals surface area contributed by atoms with E-state index in [4.69, 9.17) is 9.47 Å². The first-order valence-corrected chi connectivity index (χ1v) is 7.73. The number of benzene rings is 1. The standard InChI is InChI=1S/C16H20N4O3/c1-2-23-15-9-22-7-6-14(15)19-16(21)12-4-3-5-13(8-12)20-10-17-18-11-20/h3-5,8,10-11,14-15H,2,6-7,9H2,1H3,(H,19,21). The molecular formula is C16H20N4O3. The largest absolute Gasteiger partial charge is 0.379 e. The SMILES string of the molecule is CCOC1COCCC1NC(=O)c1cccc(-n2cnnc2)c1. The van der Waals surface area contributed by atoms with Crippen molar-refractivity contribution in [2.75, 3.05) is 19.8 Å². The van der Waals surface area contributed by atoms with Gasteiger partial charge in [0.05, 0.1) is 12.6 Å². The molecule has 1 aliphatic rings. The maximum atomic E-state index is 12.5. The van der Waals surface area contributed by atoms with E-state index in [0.717, 1.165) is 12.1 Å². The van der Waals surface area contributed by atoms with Gasteiger partial charge in [-0.3, -0.25) is 9.36 Å². The molecule has 0 aliphatic carbocycles. The third kappa shape index (κ3) is 3.75. The Labute approximate surface area is 134 Å². The Balaban J connectivity index is 1.71. The summed E-state index contributed by atoms with van der Waals surface area (Å²) in [5.41, 5.74) is 1.44. The van der Waals surface area contributed by atoms with Crippen LogP contribution in [0, 0.1) is 0 Å². The topological polar surface area (TPSA) is 78.3 Å². The Hall–Kier alpha value is -2.25. The van der Waals surface area contributed by atoms with Crippen molar-refractivity contribution in [1.82, 2.24) is 20.1 Å². The fourth-order valence-corrected chi connectivity index (χ4v) is 2.65. The summed E-state index contributed by atoms with van der Waals surface area (Å²) in [6.45, 7) is 3.69. The Morgan fingerprint density at radius 2 is 2.26 bits per heavy atom. The zero-order valence-corrected chi connectivity index (χ0v) is 13.0. The smallest absolute Gasteiger partial charge is 0.251 e. The highest BCUT2D eigenvalue weighted by Gasteiger charge is 2.27. The van der Waals surface area contributed by atoms with Gasteiger partial charge in [-0.15, -0.1) is 10.2 Å². The summed E-state index contributed by atoms with van der Waals surface area (Å²) >= 11 is 0. The van der Waals surface area contributed by atoms with Gasteiger partial charge in [0.2, 0.25) is 0 Å². The summed E-state index contributed by atoms with van der Waals surface area (Å²) in [6.07, 6.45) is 3.85. The van der Waals surface area contributed by atoms with Gasteiger partial charge in [0.25, 0.3) is 5.91 Å². The zero-order valence-electron chi connectivity index (χ0n) is 13.0. The van der Waals surface area contributed by atoms with Gasteiger partial charge >= 0.3 is 0 Å². The van der Waals surface area contributed by atoms with Crippen LogP contribution in [0.4, 0.5) is 0 Å². The average Bonchev–Trinajstić information content (AvgIpc) is 3.11. The lowest BCUT2D eigenvalue weighted by atomic mass is 10.0. The molecule has 1 aromatic carbocycles. The molecule has 3 rings (SSSR count). The van der Waals surface area contributed by atoms with Gasteiger partial charge in [-0.25, -0.2) is 0 Å². The van der Waals surface area contributed by atoms with Gasteiger partial charge < -0.3 is 14.8 Å². The lowest BCUT2D eigenvalue weighted by Gasteiger charge is -2.31. The lowest BCUT2D eigenvalue weighted by molar-refractivity contribution is -0.0632. The van der Waals surface area contributed by atoms with Crippen molar-refractivity contribution < 1.29 is 14.3 Å². The quantitative estimate of drug-likeness (QED) is 0.896. The molecule has 1 saturated heterocycles. The molecule has 0 radical (unpaired) electrons. The second-order valence-electron chi connectivity index (χ2n) is 5.36. The van der Waals surface area contributed by atoms with Crippen LogP contribution < -0.4 is 5.32 Å². The van der Waals surface area contributed by atoms with Crippen molar-refractivity contribution >= 4 is 5.91 Å². The molecule has 1 aromatic heterocycles. The Kier molecular flexibility index (Phi) is 4.99. The number of rotatable bonds is 5. The molecule has 23 heavy (non-hydrogen) atoms. The Morgan fingerprint density at radius 3 is 3.04 bits per heavy atom. The zero-order chi connectivity index (χ0) is 16.1. The van der Waals surface area contributed by atoms with Crippen molar-refractivity contribution in [3.05, 3.63) is 42.5 Å². The van der Waals surface area contributed by atoms with E-state index in [9.17, 15) is 4.79 Å². The Bertz CT molecular complexity index is 643. The summed E-state index contributed by atoms with van der Waals surface area (Å²) in [4.78, 5) is 12.5. The normalized spacial score (nSPS) is 21.1. The molecule has 2 aromatic rings. The minimum atomic E-state index is -0.114. The van der Waals surface area contributed by atoms with Crippen LogP contribution >= 0.6 is 0 Å². The molecule has 1 amide bonds. The molecule has 2 heterocycles. The molecule has 122 valence electrons. The number of carbonyl (C=O) groups excluding carboxylic acids is 1. The van der Waals surface area contributed by atoms with Crippen molar-refractivity contribution in [3.8, 4) is 5.69 Å². The van der Waals surface area contributed by atoms with Crippen LogP contribution in [-0.4, -0.2) is 52.6 Å². The van der Waals surface area contributed by atoms with Crippen LogP contribution in [-0.2, 0) is 9.47 Å². The summed E-state index contributed by atoms with van der Waals surface area (Å²) < 4.78 is 12.8. The van der Waals surface area contributed by atoms with Gasteiger partial charge in [-0.2, -0.15) is 0 Å². The van der Waals surface area contributed by atoms with Crippen LogP contribution in [0.25, 0.3) is 5.69 Å². The maximum Gasteiger partial charge on any atom is 0.251 e. The summed E-state index contributed by atoms with van der Waals surface area (Å²) in [5, 5.41) is 10.6. The van der Waals surface area contributed by atoms with Gasteiger partial charge in [0.1, 0.15) is 18.8 Å².